The Labute approximate surface area is 162 Å². The van der Waals surface area contributed by atoms with Gasteiger partial charge in [-0.1, -0.05) is 6.42 Å². The third kappa shape index (κ3) is 3.82. The SMILES string of the molecule is CC1CN(C2CCC2)CCN1C(=O)C1CCN(c2ccc(C#N)cc2)CC1. The van der Waals surface area contributed by atoms with Crippen LogP contribution in [0.25, 0.3) is 0 Å². The van der Waals surface area contributed by atoms with E-state index in [1.54, 1.807) is 0 Å². The third-order valence-electron chi connectivity index (χ3n) is 6.74. The Balaban J connectivity index is 1.30. The number of nitrogens with zero attached hydrogens (tertiary/aromatic N) is 4. The van der Waals surface area contributed by atoms with Gasteiger partial charge in [-0.15, -0.1) is 0 Å². The molecule has 144 valence electrons. The molecule has 5 nitrogen and oxygen atoms in total. The van der Waals surface area contributed by atoms with Crippen LogP contribution >= 0.6 is 0 Å². The number of anilines is 1. The van der Waals surface area contributed by atoms with Gasteiger partial charge in [0, 0.05) is 56.4 Å². The molecular formula is C22H30N4O. The molecule has 4 rings (SSSR count). The minimum absolute atomic E-state index is 0.164. The molecule has 1 aromatic rings. The van der Waals surface area contributed by atoms with Gasteiger partial charge in [-0.2, -0.15) is 5.26 Å². The third-order valence-corrected chi connectivity index (χ3v) is 6.74. The van der Waals surface area contributed by atoms with Gasteiger partial charge in [-0.05, 0) is 56.9 Å². The van der Waals surface area contributed by atoms with Crippen LogP contribution in [0.2, 0.25) is 0 Å². The first kappa shape index (κ1) is 18.3. The van der Waals surface area contributed by atoms with Crippen molar-refractivity contribution in [3.8, 4) is 6.07 Å². The topological polar surface area (TPSA) is 50.6 Å². The second-order valence-corrected chi connectivity index (χ2v) is 8.38. The van der Waals surface area contributed by atoms with Gasteiger partial charge in [-0.25, -0.2) is 0 Å². The van der Waals surface area contributed by atoms with Gasteiger partial charge in [0.2, 0.25) is 5.91 Å². The first-order valence-electron chi connectivity index (χ1n) is 10.5. The Hall–Kier alpha value is -2.06. The van der Waals surface area contributed by atoms with E-state index in [0.717, 1.165) is 57.3 Å². The Bertz CT molecular complexity index is 698. The molecule has 1 saturated carbocycles. The standard InChI is InChI=1S/C22H30N4O/c1-17-16-25(20-3-2-4-20)13-14-26(17)22(27)19-9-11-24(12-10-19)21-7-5-18(15-23)6-8-21/h5-8,17,19-20H,2-4,9-14,16H2,1H3. The Kier molecular flexibility index (Phi) is 5.36. The average Bonchev–Trinajstić information content (AvgIpc) is 2.66. The number of piperidine rings is 1. The van der Waals surface area contributed by atoms with Crippen molar-refractivity contribution in [1.82, 2.24) is 9.80 Å². The number of rotatable bonds is 3. The summed E-state index contributed by atoms with van der Waals surface area (Å²) in [5.41, 5.74) is 1.85. The summed E-state index contributed by atoms with van der Waals surface area (Å²) in [6.07, 6.45) is 5.90. The van der Waals surface area contributed by atoms with E-state index in [-0.39, 0.29) is 5.92 Å². The molecule has 0 aromatic heterocycles. The van der Waals surface area contributed by atoms with Crippen molar-refractivity contribution in [3.05, 3.63) is 29.8 Å². The van der Waals surface area contributed by atoms with Gasteiger partial charge < -0.3 is 9.80 Å². The molecule has 1 unspecified atom stereocenters. The van der Waals surface area contributed by atoms with Crippen LogP contribution in [0.5, 0.6) is 0 Å². The lowest BCUT2D eigenvalue weighted by atomic mass is 9.90. The number of piperazine rings is 1. The maximum absolute atomic E-state index is 13.1. The highest BCUT2D eigenvalue weighted by molar-refractivity contribution is 5.79. The molecule has 0 bridgehead atoms. The molecule has 2 saturated heterocycles. The van der Waals surface area contributed by atoms with Gasteiger partial charge in [0.05, 0.1) is 11.6 Å². The van der Waals surface area contributed by atoms with Crippen LogP contribution in [0, 0.1) is 17.2 Å². The first-order chi connectivity index (χ1) is 13.2. The number of carbonyl (C=O) groups excluding carboxylic acids is 1. The molecule has 2 heterocycles. The van der Waals surface area contributed by atoms with E-state index in [9.17, 15) is 4.79 Å². The summed E-state index contributed by atoms with van der Waals surface area (Å²) in [7, 11) is 0. The summed E-state index contributed by atoms with van der Waals surface area (Å²) < 4.78 is 0. The van der Waals surface area contributed by atoms with E-state index >= 15 is 0 Å². The highest BCUT2D eigenvalue weighted by Gasteiger charge is 2.36. The van der Waals surface area contributed by atoms with Crippen molar-refractivity contribution in [2.24, 2.45) is 5.92 Å². The fourth-order valence-corrected chi connectivity index (χ4v) is 4.76. The molecule has 1 aliphatic carbocycles. The van der Waals surface area contributed by atoms with Crippen LogP contribution in [0.15, 0.2) is 24.3 Å². The van der Waals surface area contributed by atoms with E-state index in [4.69, 9.17) is 5.26 Å². The lowest BCUT2D eigenvalue weighted by molar-refractivity contribution is -0.141. The van der Waals surface area contributed by atoms with Crippen molar-refractivity contribution >= 4 is 11.6 Å². The zero-order chi connectivity index (χ0) is 18.8. The number of nitriles is 1. The molecule has 3 aliphatic rings. The summed E-state index contributed by atoms with van der Waals surface area (Å²) in [5.74, 6) is 0.535. The van der Waals surface area contributed by atoms with Gasteiger partial charge in [0.1, 0.15) is 0 Å². The molecule has 0 spiro atoms. The summed E-state index contributed by atoms with van der Waals surface area (Å²) in [5, 5.41) is 8.94. The zero-order valence-electron chi connectivity index (χ0n) is 16.3. The van der Waals surface area contributed by atoms with E-state index in [1.165, 1.54) is 19.3 Å². The highest BCUT2D eigenvalue weighted by atomic mass is 16.2. The van der Waals surface area contributed by atoms with Crippen LogP contribution in [-0.4, -0.2) is 60.5 Å². The smallest absolute Gasteiger partial charge is 0.226 e. The van der Waals surface area contributed by atoms with Gasteiger partial charge in [0.15, 0.2) is 0 Å². The first-order valence-corrected chi connectivity index (χ1v) is 10.5. The number of hydrogen-bond donors (Lipinski definition) is 0. The van der Waals surface area contributed by atoms with Crippen molar-refractivity contribution in [2.75, 3.05) is 37.6 Å². The molecule has 2 aliphatic heterocycles. The Morgan fingerprint density at radius 1 is 1.04 bits per heavy atom. The van der Waals surface area contributed by atoms with Gasteiger partial charge >= 0.3 is 0 Å². The van der Waals surface area contributed by atoms with Crippen LogP contribution in [0.3, 0.4) is 0 Å². The molecule has 0 N–H and O–H groups in total. The maximum atomic E-state index is 13.1. The number of amides is 1. The fraction of sp³-hybridized carbons (Fsp3) is 0.636. The predicted octanol–water partition coefficient (Wildman–Crippen LogP) is 2.86. The molecule has 3 fully saturated rings. The van der Waals surface area contributed by atoms with E-state index < -0.39 is 0 Å². The van der Waals surface area contributed by atoms with Crippen LogP contribution in [0.4, 0.5) is 5.69 Å². The lowest BCUT2D eigenvalue weighted by Gasteiger charge is -2.47. The minimum atomic E-state index is 0.164. The molecule has 0 radical (unpaired) electrons. The summed E-state index contributed by atoms with van der Waals surface area (Å²) in [6.45, 7) is 7.03. The monoisotopic (exact) mass is 366 g/mol. The highest BCUT2D eigenvalue weighted by Crippen LogP contribution is 2.29. The van der Waals surface area contributed by atoms with Crippen molar-refractivity contribution in [3.63, 3.8) is 0 Å². The van der Waals surface area contributed by atoms with Crippen LogP contribution in [-0.2, 0) is 4.79 Å². The maximum Gasteiger partial charge on any atom is 0.226 e. The Morgan fingerprint density at radius 3 is 2.30 bits per heavy atom. The Morgan fingerprint density at radius 2 is 1.74 bits per heavy atom. The lowest BCUT2D eigenvalue weighted by Crippen LogP contribution is -2.59. The van der Waals surface area contributed by atoms with Crippen molar-refractivity contribution < 1.29 is 4.79 Å². The van der Waals surface area contributed by atoms with E-state index in [0.29, 0.717) is 17.5 Å². The molecule has 1 amide bonds. The number of carbonyl (C=O) groups is 1. The van der Waals surface area contributed by atoms with E-state index in [2.05, 4.69) is 27.7 Å². The molecule has 27 heavy (non-hydrogen) atoms. The molecule has 1 aromatic carbocycles. The molecule has 1 atom stereocenters. The normalized spacial score (nSPS) is 25.1. The largest absolute Gasteiger partial charge is 0.371 e. The van der Waals surface area contributed by atoms with Gasteiger partial charge in [0.25, 0.3) is 0 Å². The minimum Gasteiger partial charge on any atom is -0.371 e. The number of hydrogen-bond acceptors (Lipinski definition) is 4. The second-order valence-electron chi connectivity index (χ2n) is 8.38. The average molecular weight is 367 g/mol. The second kappa shape index (κ2) is 7.90. The van der Waals surface area contributed by atoms with Gasteiger partial charge in [-0.3, -0.25) is 9.69 Å². The zero-order valence-corrected chi connectivity index (χ0v) is 16.3. The fourth-order valence-electron chi connectivity index (χ4n) is 4.76. The molecular weight excluding hydrogens is 336 g/mol. The summed E-state index contributed by atoms with van der Waals surface area (Å²) >= 11 is 0. The molecule has 5 heteroatoms. The van der Waals surface area contributed by atoms with Crippen LogP contribution < -0.4 is 4.90 Å². The quantitative estimate of drug-likeness (QED) is 0.825. The van der Waals surface area contributed by atoms with Crippen LogP contribution in [0.1, 0.15) is 44.6 Å². The van der Waals surface area contributed by atoms with Crippen molar-refractivity contribution in [1.29, 1.82) is 5.26 Å². The summed E-state index contributed by atoms with van der Waals surface area (Å²) in [6, 6.07) is 11.1. The van der Waals surface area contributed by atoms with E-state index in [1.807, 2.05) is 24.3 Å². The summed E-state index contributed by atoms with van der Waals surface area (Å²) in [4.78, 5) is 20.2. The predicted molar refractivity (Wildman–Crippen MR) is 106 cm³/mol. The van der Waals surface area contributed by atoms with Crippen molar-refractivity contribution in [2.45, 2.75) is 51.1 Å². The number of benzene rings is 1.